The molecule has 1 N–H and O–H groups in total. The van der Waals surface area contributed by atoms with Crippen LogP contribution < -0.4 is 10.1 Å². The summed E-state index contributed by atoms with van der Waals surface area (Å²) < 4.78 is 5.19. The summed E-state index contributed by atoms with van der Waals surface area (Å²) >= 11 is 0. The van der Waals surface area contributed by atoms with Crippen molar-refractivity contribution < 1.29 is 9.53 Å². The van der Waals surface area contributed by atoms with Crippen molar-refractivity contribution >= 4 is 11.7 Å². The molecule has 1 saturated heterocycles. The second-order valence-corrected chi connectivity index (χ2v) is 5.42. The fourth-order valence-electron chi connectivity index (χ4n) is 2.93. The zero-order chi connectivity index (χ0) is 15.4. The molecule has 114 valence electrons. The van der Waals surface area contributed by atoms with Crippen molar-refractivity contribution in [2.75, 3.05) is 19.0 Å². The average molecular weight is 296 g/mol. The molecule has 2 aromatic rings. The number of hydrogen-bond donors (Lipinski definition) is 1. The lowest BCUT2D eigenvalue weighted by atomic mass is 10.1. The molecule has 1 atom stereocenters. The van der Waals surface area contributed by atoms with Crippen LogP contribution in [0.5, 0.6) is 5.75 Å². The summed E-state index contributed by atoms with van der Waals surface area (Å²) in [4.78, 5) is 14.5. The number of carbonyl (C=O) groups is 1. The van der Waals surface area contributed by atoms with Crippen LogP contribution in [-0.4, -0.2) is 24.6 Å². The van der Waals surface area contributed by atoms with E-state index in [1.165, 1.54) is 5.56 Å². The molecule has 0 spiro atoms. The molecule has 0 aliphatic carbocycles. The predicted molar refractivity (Wildman–Crippen MR) is 87.1 cm³/mol. The first-order valence-electron chi connectivity index (χ1n) is 7.54. The fraction of sp³-hybridized carbons (Fsp3) is 0.278. The summed E-state index contributed by atoms with van der Waals surface area (Å²) in [6.45, 7) is 0.787. The number of urea groups is 1. The Labute approximate surface area is 130 Å². The Hall–Kier alpha value is -2.49. The van der Waals surface area contributed by atoms with E-state index in [0.29, 0.717) is 0 Å². The van der Waals surface area contributed by atoms with Crippen molar-refractivity contribution in [3.63, 3.8) is 0 Å². The van der Waals surface area contributed by atoms with Gasteiger partial charge in [-0.1, -0.05) is 36.4 Å². The van der Waals surface area contributed by atoms with Gasteiger partial charge in [-0.05, 0) is 30.5 Å². The number of nitrogens with one attached hydrogen (secondary N) is 1. The summed E-state index contributed by atoms with van der Waals surface area (Å²) in [6.07, 6.45) is 2.04. The normalized spacial score (nSPS) is 17.3. The molecule has 4 heteroatoms. The average Bonchev–Trinajstić information content (AvgIpc) is 3.05. The number of carbonyl (C=O) groups excluding carboxylic acids is 1. The van der Waals surface area contributed by atoms with Gasteiger partial charge in [-0.15, -0.1) is 0 Å². The maximum atomic E-state index is 12.6. The number of anilines is 1. The first kappa shape index (κ1) is 14.4. The number of likely N-dealkylation sites (tertiary alicyclic amines) is 1. The Morgan fingerprint density at radius 2 is 2.00 bits per heavy atom. The van der Waals surface area contributed by atoms with Crippen LogP contribution in [-0.2, 0) is 0 Å². The third-order valence-electron chi connectivity index (χ3n) is 4.02. The van der Waals surface area contributed by atoms with Crippen LogP contribution in [0.4, 0.5) is 10.5 Å². The highest BCUT2D eigenvalue weighted by atomic mass is 16.5. The highest BCUT2D eigenvalue weighted by Gasteiger charge is 2.29. The van der Waals surface area contributed by atoms with Crippen LogP contribution >= 0.6 is 0 Å². The minimum Gasteiger partial charge on any atom is -0.497 e. The van der Waals surface area contributed by atoms with Gasteiger partial charge in [0.1, 0.15) is 5.75 Å². The highest BCUT2D eigenvalue weighted by Crippen LogP contribution is 2.32. The van der Waals surface area contributed by atoms with Crippen molar-refractivity contribution in [2.24, 2.45) is 0 Å². The molecule has 22 heavy (non-hydrogen) atoms. The zero-order valence-corrected chi connectivity index (χ0v) is 12.7. The number of amides is 2. The summed E-state index contributed by atoms with van der Waals surface area (Å²) in [7, 11) is 1.62. The smallest absolute Gasteiger partial charge is 0.322 e. The van der Waals surface area contributed by atoms with Crippen LogP contribution in [0.2, 0.25) is 0 Å². The van der Waals surface area contributed by atoms with Gasteiger partial charge in [-0.25, -0.2) is 4.79 Å². The van der Waals surface area contributed by atoms with Crippen LogP contribution in [0.1, 0.15) is 24.4 Å². The lowest BCUT2D eigenvalue weighted by Gasteiger charge is -2.25. The summed E-state index contributed by atoms with van der Waals surface area (Å²) in [5.41, 5.74) is 1.95. The largest absolute Gasteiger partial charge is 0.497 e. The minimum atomic E-state index is -0.0559. The Morgan fingerprint density at radius 3 is 2.77 bits per heavy atom. The van der Waals surface area contributed by atoms with Crippen molar-refractivity contribution in [1.29, 1.82) is 0 Å². The van der Waals surface area contributed by atoms with E-state index in [0.717, 1.165) is 30.8 Å². The van der Waals surface area contributed by atoms with Crippen molar-refractivity contribution in [1.82, 2.24) is 4.90 Å². The maximum Gasteiger partial charge on any atom is 0.322 e. The molecule has 0 radical (unpaired) electrons. The SMILES string of the molecule is COc1cccc(NC(=O)N2CCC[C@H]2c2ccccc2)c1. The first-order chi connectivity index (χ1) is 10.8. The molecule has 0 bridgehead atoms. The van der Waals surface area contributed by atoms with Gasteiger partial charge in [0.15, 0.2) is 0 Å². The van der Waals surface area contributed by atoms with Gasteiger partial charge >= 0.3 is 6.03 Å². The molecule has 1 fully saturated rings. The fourth-order valence-corrected chi connectivity index (χ4v) is 2.93. The first-order valence-corrected chi connectivity index (χ1v) is 7.54. The highest BCUT2D eigenvalue weighted by molar-refractivity contribution is 5.90. The molecular weight excluding hydrogens is 276 g/mol. The van der Waals surface area contributed by atoms with Crippen LogP contribution in [0, 0.1) is 0 Å². The Morgan fingerprint density at radius 1 is 1.18 bits per heavy atom. The standard InChI is InChI=1S/C18H20N2O2/c1-22-16-10-5-9-15(13-16)19-18(21)20-12-6-11-17(20)14-7-3-2-4-8-14/h2-5,7-10,13,17H,6,11-12H2,1H3,(H,19,21)/t17-/m0/s1. The van der Waals surface area contributed by atoms with Gasteiger partial charge in [0.25, 0.3) is 0 Å². The third kappa shape index (κ3) is 3.06. The number of methoxy groups -OCH3 is 1. The summed E-state index contributed by atoms with van der Waals surface area (Å²) in [6, 6.07) is 17.7. The van der Waals surface area contributed by atoms with Gasteiger partial charge < -0.3 is 15.0 Å². The summed E-state index contributed by atoms with van der Waals surface area (Å²) in [5, 5.41) is 2.97. The predicted octanol–water partition coefficient (Wildman–Crippen LogP) is 4.06. The van der Waals surface area contributed by atoms with E-state index in [4.69, 9.17) is 4.74 Å². The zero-order valence-electron chi connectivity index (χ0n) is 12.7. The monoisotopic (exact) mass is 296 g/mol. The molecule has 0 aromatic heterocycles. The van der Waals surface area contributed by atoms with E-state index in [2.05, 4.69) is 17.4 Å². The number of ether oxygens (including phenoxy) is 1. The van der Waals surface area contributed by atoms with Crippen LogP contribution in [0.3, 0.4) is 0 Å². The molecule has 1 aliphatic rings. The van der Waals surface area contributed by atoms with Gasteiger partial charge in [0.2, 0.25) is 0 Å². The lowest BCUT2D eigenvalue weighted by molar-refractivity contribution is 0.207. The molecule has 1 heterocycles. The van der Waals surface area contributed by atoms with Gasteiger partial charge in [-0.2, -0.15) is 0 Å². The lowest BCUT2D eigenvalue weighted by Crippen LogP contribution is -2.34. The second-order valence-electron chi connectivity index (χ2n) is 5.42. The van der Waals surface area contributed by atoms with Gasteiger partial charge in [-0.3, -0.25) is 0 Å². The number of rotatable bonds is 3. The van der Waals surface area contributed by atoms with Crippen molar-refractivity contribution in [3.8, 4) is 5.75 Å². The molecule has 0 saturated carbocycles. The van der Waals surface area contributed by atoms with Crippen molar-refractivity contribution in [3.05, 3.63) is 60.2 Å². The van der Waals surface area contributed by atoms with E-state index in [1.54, 1.807) is 7.11 Å². The van der Waals surface area contributed by atoms with Gasteiger partial charge in [0, 0.05) is 18.3 Å². The molecular formula is C18H20N2O2. The van der Waals surface area contributed by atoms with Crippen LogP contribution in [0.15, 0.2) is 54.6 Å². The molecule has 0 unspecified atom stereocenters. The van der Waals surface area contributed by atoms with E-state index < -0.39 is 0 Å². The third-order valence-corrected chi connectivity index (χ3v) is 4.02. The number of hydrogen-bond acceptors (Lipinski definition) is 2. The van der Waals surface area contributed by atoms with E-state index in [1.807, 2.05) is 47.4 Å². The van der Waals surface area contributed by atoms with Gasteiger partial charge in [0.05, 0.1) is 13.2 Å². The topological polar surface area (TPSA) is 41.6 Å². The number of nitrogens with zero attached hydrogens (tertiary/aromatic N) is 1. The second kappa shape index (κ2) is 6.52. The Bertz CT molecular complexity index is 643. The Kier molecular flexibility index (Phi) is 4.28. The van der Waals surface area contributed by atoms with Crippen molar-refractivity contribution in [2.45, 2.75) is 18.9 Å². The molecule has 2 aromatic carbocycles. The van der Waals surface area contributed by atoms with E-state index >= 15 is 0 Å². The minimum absolute atomic E-state index is 0.0559. The molecule has 1 aliphatic heterocycles. The van der Waals surface area contributed by atoms with E-state index in [9.17, 15) is 4.79 Å². The van der Waals surface area contributed by atoms with Crippen LogP contribution in [0.25, 0.3) is 0 Å². The van der Waals surface area contributed by atoms with E-state index in [-0.39, 0.29) is 12.1 Å². The molecule has 4 nitrogen and oxygen atoms in total. The molecule has 3 rings (SSSR count). The summed E-state index contributed by atoms with van der Waals surface area (Å²) in [5.74, 6) is 0.735. The maximum absolute atomic E-state index is 12.6. The number of benzene rings is 2. The Balaban J connectivity index is 1.73. The molecule has 2 amide bonds. The quantitative estimate of drug-likeness (QED) is 0.928.